The molecule has 0 aliphatic rings. The zero-order chi connectivity index (χ0) is 16.9. The third-order valence-corrected chi connectivity index (χ3v) is 3.10. The van der Waals surface area contributed by atoms with E-state index in [2.05, 4.69) is 26.1 Å². The van der Waals surface area contributed by atoms with Crippen molar-refractivity contribution in [2.75, 3.05) is 7.05 Å². The van der Waals surface area contributed by atoms with Crippen LogP contribution in [0.5, 0.6) is 0 Å². The first kappa shape index (κ1) is 17.7. The van der Waals surface area contributed by atoms with Crippen LogP contribution in [0.4, 0.5) is 4.79 Å². The van der Waals surface area contributed by atoms with Crippen molar-refractivity contribution in [2.24, 2.45) is 0 Å². The Morgan fingerprint density at radius 2 is 1.64 bits per heavy atom. The molecule has 6 nitrogen and oxygen atoms in total. The second kappa shape index (κ2) is 7.06. The number of carbonyl (C=O) groups excluding carboxylic acids is 3. The van der Waals surface area contributed by atoms with Crippen molar-refractivity contribution in [1.82, 2.24) is 10.6 Å². The molecule has 0 bridgehead atoms. The van der Waals surface area contributed by atoms with Gasteiger partial charge in [0.25, 0.3) is 5.91 Å². The van der Waals surface area contributed by atoms with E-state index in [-0.39, 0.29) is 5.41 Å². The van der Waals surface area contributed by atoms with Crippen molar-refractivity contribution in [3.05, 3.63) is 35.4 Å². The molecule has 6 heteroatoms. The third-order valence-electron chi connectivity index (χ3n) is 3.10. The molecule has 1 rings (SSSR count). The van der Waals surface area contributed by atoms with Crippen LogP contribution in [0.1, 0.15) is 43.6 Å². The Labute approximate surface area is 130 Å². The van der Waals surface area contributed by atoms with Gasteiger partial charge in [-0.1, -0.05) is 32.9 Å². The minimum Gasteiger partial charge on any atom is -0.449 e. The number of hydrogen-bond acceptors (Lipinski definition) is 4. The van der Waals surface area contributed by atoms with Gasteiger partial charge in [-0.2, -0.15) is 0 Å². The van der Waals surface area contributed by atoms with E-state index in [4.69, 9.17) is 4.74 Å². The Morgan fingerprint density at radius 1 is 1.09 bits per heavy atom. The topological polar surface area (TPSA) is 84.5 Å². The quantitative estimate of drug-likeness (QED) is 0.836. The summed E-state index contributed by atoms with van der Waals surface area (Å²) < 4.78 is 5.04. The zero-order valence-corrected chi connectivity index (χ0v) is 13.5. The molecule has 0 spiro atoms. The van der Waals surface area contributed by atoms with Gasteiger partial charge in [0.15, 0.2) is 6.10 Å². The molecule has 120 valence electrons. The zero-order valence-electron chi connectivity index (χ0n) is 13.5. The first-order chi connectivity index (χ1) is 10.1. The molecule has 3 amide bonds. The highest BCUT2D eigenvalue weighted by Gasteiger charge is 2.21. The molecule has 0 saturated carbocycles. The van der Waals surface area contributed by atoms with Gasteiger partial charge in [-0.05, 0) is 30.0 Å². The lowest BCUT2D eigenvalue weighted by molar-refractivity contribution is -0.127. The van der Waals surface area contributed by atoms with Gasteiger partial charge in [0.2, 0.25) is 0 Å². The fourth-order valence-electron chi connectivity index (χ4n) is 1.66. The van der Waals surface area contributed by atoms with Gasteiger partial charge in [-0.3, -0.25) is 10.1 Å². The highest BCUT2D eigenvalue weighted by Crippen LogP contribution is 2.22. The smallest absolute Gasteiger partial charge is 0.338 e. The molecule has 0 unspecified atom stereocenters. The standard InChI is InChI=1S/C16H22N2O4/c1-10(13(19)18-15(21)17-5)22-14(20)11-6-8-12(9-7-11)16(2,3)4/h6-10H,1-5H3,(H2,17,18,19,21)/t10-/m1/s1. The summed E-state index contributed by atoms with van der Waals surface area (Å²) in [5.74, 6) is -1.29. The van der Waals surface area contributed by atoms with Crippen LogP contribution in [0.2, 0.25) is 0 Å². The van der Waals surface area contributed by atoms with Gasteiger partial charge in [0, 0.05) is 7.05 Å². The highest BCUT2D eigenvalue weighted by molar-refractivity contribution is 5.98. The molecule has 1 aromatic carbocycles. The average Bonchev–Trinajstić information content (AvgIpc) is 2.46. The first-order valence-electron chi connectivity index (χ1n) is 6.99. The van der Waals surface area contributed by atoms with Crippen molar-refractivity contribution in [1.29, 1.82) is 0 Å². The summed E-state index contributed by atoms with van der Waals surface area (Å²) in [5, 5.41) is 4.29. The number of imide groups is 1. The summed E-state index contributed by atoms with van der Waals surface area (Å²) >= 11 is 0. The van der Waals surface area contributed by atoms with E-state index >= 15 is 0 Å². The monoisotopic (exact) mass is 306 g/mol. The molecule has 1 atom stereocenters. The number of carbonyl (C=O) groups is 3. The summed E-state index contributed by atoms with van der Waals surface area (Å²) in [7, 11) is 1.38. The molecular weight excluding hydrogens is 284 g/mol. The predicted octanol–water partition coefficient (Wildman–Crippen LogP) is 1.98. The molecular formula is C16H22N2O4. The van der Waals surface area contributed by atoms with Gasteiger partial charge in [0.1, 0.15) is 0 Å². The molecule has 0 fully saturated rings. The van der Waals surface area contributed by atoms with E-state index in [1.165, 1.54) is 14.0 Å². The van der Waals surface area contributed by atoms with E-state index in [1.54, 1.807) is 12.1 Å². The van der Waals surface area contributed by atoms with E-state index in [1.807, 2.05) is 17.4 Å². The van der Waals surface area contributed by atoms with Crippen LogP contribution < -0.4 is 10.6 Å². The van der Waals surface area contributed by atoms with Crippen molar-refractivity contribution in [3.8, 4) is 0 Å². The summed E-state index contributed by atoms with van der Waals surface area (Å²) in [6.07, 6.45) is -1.06. The second-order valence-electron chi connectivity index (χ2n) is 5.94. The van der Waals surface area contributed by atoms with Crippen LogP contribution in [0.3, 0.4) is 0 Å². The Hall–Kier alpha value is -2.37. The molecule has 0 saturated heterocycles. The van der Waals surface area contributed by atoms with E-state index < -0.39 is 24.0 Å². The Kier molecular flexibility index (Phi) is 5.68. The number of amides is 3. The SMILES string of the molecule is CNC(=O)NC(=O)[C@@H](C)OC(=O)c1ccc(C(C)(C)C)cc1. The molecule has 1 aromatic rings. The first-order valence-corrected chi connectivity index (χ1v) is 6.99. The lowest BCUT2D eigenvalue weighted by atomic mass is 9.87. The van der Waals surface area contributed by atoms with Crippen LogP contribution >= 0.6 is 0 Å². The summed E-state index contributed by atoms with van der Waals surface area (Å²) in [5.41, 5.74) is 1.44. The maximum Gasteiger partial charge on any atom is 0.338 e. The molecule has 0 heterocycles. The molecule has 2 N–H and O–H groups in total. The molecule has 0 aliphatic heterocycles. The molecule has 22 heavy (non-hydrogen) atoms. The lowest BCUT2D eigenvalue weighted by Gasteiger charge is -2.19. The van der Waals surface area contributed by atoms with E-state index in [0.717, 1.165) is 5.56 Å². The minimum atomic E-state index is -1.06. The maximum atomic E-state index is 12.0. The Bertz CT molecular complexity index is 559. The number of esters is 1. The van der Waals surface area contributed by atoms with Crippen molar-refractivity contribution >= 4 is 17.9 Å². The van der Waals surface area contributed by atoms with Crippen LogP contribution in [0.15, 0.2) is 24.3 Å². The highest BCUT2D eigenvalue weighted by atomic mass is 16.5. The van der Waals surface area contributed by atoms with Crippen molar-refractivity contribution in [3.63, 3.8) is 0 Å². The summed E-state index contributed by atoms with van der Waals surface area (Å²) in [4.78, 5) is 34.6. The molecule has 0 aliphatic carbocycles. The number of nitrogens with one attached hydrogen (secondary N) is 2. The largest absolute Gasteiger partial charge is 0.449 e. The minimum absolute atomic E-state index is 0.0108. The summed E-state index contributed by atoms with van der Waals surface area (Å²) in [6.45, 7) is 7.63. The van der Waals surface area contributed by atoms with Crippen molar-refractivity contribution in [2.45, 2.75) is 39.2 Å². The van der Waals surface area contributed by atoms with Gasteiger partial charge in [-0.25, -0.2) is 9.59 Å². The van der Waals surface area contributed by atoms with Crippen LogP contribution in [0.25, 0.3) is 0 Å². The average molecular weight is 306 g/mol. The number of ether oxygens (including phenoxy) is 1. The predicted molar refractivity (Wildman–Crippen MR) is 82.6 cm³/mol. The second-order valence-corrected chi connectivity index (χ2v) is 5.94. The molecule has 0 radical (unpaired) electrons. The maximum absolute atomic E-state index is 12.0. The van der Waals surface area contributed by atoms with Gasteiger partial charge >= 0.3 is 12.0 Å². The van der Waals surface area contributed by atoms with Gasteiger partial charge < -0.3 is 10.1 Å². The summed E-state index contributed by atoms with van der Waals surface area (Å²) in [6, 6.07) is 6.37. The van der Waals surface area contributed by atoms with Crippen LogP contribution in [-0.2, 0) is 14.9 Å². The fourth-order valence-corrected chi connectivity index (χ4v) is 1.66. The number of benzene rings is 1. The van der Waals surface area contributed by atoms with E-state index in [0.29, 0.717) is 5.56 Å². The van der Waals surface area contributed by atoms with Crippen LogP contribution in [0, 0.1) is 0 Å². The molecule has 0 aromatic heterocycles. The Morgan fingerprint density at radius 3 is 2.09 bits per heavy atom. The number of hydrogen-bond donors (Lipinski definition) is 2. The Balaban J connectivity index is 2.69. The fraction of sp³-hybridized carbons (Fsp3) is 0.438. The third kappa shape index (κ3) is 4.87. The van der Waals surface area contributed by atoms with Crippen molar-refractivity contribution < 1.29 is 19.1 Å². The van der Waals surface area contributed by atoms with Crippen LogP contribution in [-0.4, -0.2) is 31.1 Å². The van der Waals surface area contributed by atoms with Gasteiger partial charge in [-0.15, -0.1) is 0 Å². The van der Waals surface area contributed by atoms with E-state index in [9.17, 15) is 14.4 Å². The normalized spacial score (nSPS) is 12.2. The lowest BCUT2D eigenvalue weighted by Crippen LogP contribution is -2.43. The van der Waals surface area contributed by atoms with Gasteiger partial charge in [0.05, 0.1) is 5.56 Å². The number of rotatable bonds is 3. The number of urea groups is 1.